The number of nitrogens with zero attached hydrogens (tertiary/aromatic N) is 2. The second-order valence-electron chi connectivity index (χ2n) is 13.8. The zero-order valence-electron chi connectivity index (χ0n) is 23.7. The molecule has 0 unspecified atom stereocenters. The van der Waals surface area contributed by atoms with Gasteiger partial charge in [0.05, 0.1) is 17.1 Å². The van der Waals surface area contributed by atoms with Gasteiger partial charge in [-0.15, -0.1) is 0 Å². The van der Waals surface area contributed by atoms with E-state index in [1.54, 1.807) is 0 Å². The molecular formula is C32H41N3O3. The van der Waals surface area contributed by atoms with Crippen LogP contribution in [0.2, 0.25) is 0 Å². The van der Waals surface area contributed by atoms with Gasteiger partial charge in [0.1, 0.15) is 11.6 Å². The van der Waals surface area contributed by atoms with Gasteiger partial charge in [-0.3, -0.25) is 14.2 Å². The molecule has 1 aliphatic heterocycles. The Kier molecular flexibility index (Phi) is 4.97. The van der Waals surface area contributed by atoms with Crippen LogP contribution in [0.1, 0.15) is 89.8 Å². The lowest BCUT2D eigenvalue weighted by Crippen LogP contribution is -2.70. The van der Waals surface area contributed by atoms with Gasteiger partial charge in [-0.1, -0.05) is 25.5 Å². The number of esters is 1. The molecule has 6 nitrogen and oxygen atoms in total. The van der Waals surface area contributed by atoms with Crippen molar-refractivity contribution >= 4 is 28.7 Å². The van der Waals surface area contributed by atoms with E-state index in [1.807, 2.05) is 0 Å². The summed E-state index contributed by atoms with van der Waals surface area (Å²) >= 11 is 0. The highest BCUT2D eigenvalue weighted by molar-refractivity contribution is 6.00. The molecule has 1 aromatic carbocycles. The molecule has 8 atom stereocenters. The molecule has 1 N–H and O–H groups in total. The minimum atomic E-state index is -0.620. The third-order valence-corrected chi connectivity index (χ3v) is 12.2. The van der Waals surface area contributed by atoms with Crippen molar-refractivity contribution in [2.75, 3.05) is 5.32 Å². The first kappa shape index (κ1) is 24.4. The first-order chi connectivity index (χ1) is 18.0. The number of aromatic nitrogens is 2. The maximum absolute atomic E-state index is 14.3. The molecule has 1 aromatic heterocycles. The number of hydrogen-bond acceptors (Lipinski definition) is 5. The number of allylic oxidation sites excluding steroid dienone is 1. The largest absolute Gasteiger partial charge is 0.462 e. The van der Waals surface area contributed by atoms with Gasteiger partial charge >= 0.3 is 5.97 Å². The average molecular weight is 516 g/mol. The van der Waals surface area contributed by atoms with Crippen LogP contribution in [0.25, 0.3) is 11.0 Å². The second-order valence-corrected chi connectivity index (χ2v) is 13.8. The molecule has 0 radical (unpaired) electrons. The van der Waals surface area contributed by atoms with E-state index in [1.165, 1.54) is 23.6 Å². The fourth-order valence-electron chi connectivity index (χ4n) is 9.71. The number of hydrogen-bond donors (Lipinski definition) is 1. The number of carbonyl (C=O) groups is 2. The normalized spacial score (nSPS) is 41.3. The summed E-state index contributed by atoms with van der Waals surface area (Å²) in [4.78, 5) is 30.9. The molecular weight excluding hydrogens is 474 g/mol. The number of carbonyl (C=O) groups excluding carboxylic acids is 2. The van der Waals surface area contributed by atoms with Crippen LogP contribution in [0.3, 0.4) is 0 Å². The predicted molar refractivity (Wildman–Crippen MR) is 148 cm³/mol. The summed E-state index contributed by atoms with van der Waals surface area (Å²) in [7, 11) is 0. The Balaban J connectivity index is 1.29. The lowest BCUT2D eigenvalue weighted by Gasteiger charge is -2.66. The Bertz CT molecular complexity index is 1420. The lowest BCUT2D eigenvalue weighted by atomic mass is 9.41. The Morgan fingerprint density at radius 1 is 1.11 bits per heavy atom. The summed E-state index contributed by atoms with van der Waals surface area (Å²) in [6.07, 6.45) is 9.58. The molecule has 4 aliphatic carbocycles. The Morgan fingerprint density at radius 2 is 1.87 bits per heavy atom. The van der Waals surface area contributed by atoms with Crippen molar-refractivity contribution in [1.29, 1.82) is 0 Å². The van der Waals surface area contributed by atoms with E-state index in [4.69, 9.17) is 9.72 Å². The second kappa shape index (κ2) is 7.73. The third-order valence-electron chi connectivity index (χ3n) is 12.2. The van der Waals surface area contributed by atoms with Crippen LogP contribution in [-0.4, -0.2) is 32.9 Å². The molecule has 6 heteroatoms. The van der Waals surface area contributed by atoms with Crippen LogP contribution >= 0.6 is 0 Å². The van der Waals surface area contributed by atoms with Crippen LogP contribution < -0.4 is 5.32 Å². The van der Waals surface area contributed by atoms with Crippen molar-refractivity contribution in [3.63, 3.8) is 0 Å². The van der Waals surface area contributed by atoms with Crippen LogP contribution in [-0.2, 0) is 14.3 Å². The molecule has 202 valence electrons. The van der Waals surface area contributed by atoms with Gasteiger partial charge in [-0.2, -0.15) is 0 Å². The van der Waals surface area contributed by atoms with E-state index in [0.717, 1.165) is 61.9 Å². The molecule has 38 heavy (non-hydrogen) atoms. The van der Waals surface area contributed by atoms with Gasteiger partial charge in [0.2, 0.25) is 5.95 Å². The third kappa shape index (κ3) is 2.98. The van der Waals surface area contributed by atoms with Crippen LogP contribution in [0.15, 0.2) is 23.8 Å². The highest BCUT2D eigenvalue weighted by atomic mass is 16.5. The van der Waals surface area contributed by atoms with Crippen molar-refractivity contribution in [2.45, 2.75) is 104 Å². The first-order valence-corrected chi connectivity index (χ1v) is 14.6. The van der Waals surface area contributed by atoms with Gasteiger partial charge in [0, 0.05) is 18.8 Å². The number of rotatable bonds is 1. The van der Waals surface area contributed by atoms with Gasteiger partial charge in [-0.25, -0.2) is 4.98 Å². The predicted octanol–water partition coefficient (Wildman–Crippen LogP) is 6.45. The van der Waals surface area contributed by atoms with E-state index in [-0.39, 0.29) is 28.9 Å². The smallest absolute Gasteiger partial charge is 0.302 e. The molecule has 3 fully saturated rings. The summed E-state index contributed by atoms with van der Waals surface area (Å²) < 4.78 is 7.87. The number of aryl methyl sites for hydroxylation is 2. The maximum Gasteiger partial charge on any atom is 0.302 e. The lowest BCUT2D eigenvalue weighted by molar-refractivity contribution is -0.156. The van der Waals surface area contributed by atoms with E-state index >= 15 is 0 Å². The van der Waals surface area contributed by atoms with E-state index in [2.05, 4.69) is 62.7 Å². The molecule has 0 saturated heterocycles. The number of nitrogens with one attached hydrogen (secondary N) is 1. The molecule has 2 heterocycles. The molecule has 2 bridgehead atoms. The van der Waals surface area contributed by atoms with E-state index in [9.17, 15) is 9.59 Å². The molecule has 0 amide bonds. The van der Waals surface area contributed by atoms with Crippen molar-refractivity contribution in [3.05, 3.63) is 34.9 Å². The topological polar surface area (TPSA) is 73.2 Å². The van der Waals surface area contributed by atoms with Crippen LogP contribution in [0, 0.1) is 42.4 Å². The maximum atomic E-state index is 14.3. The van der Waals surface area contributed by atoms with Crippen LogP contribution in [0.5, 0.6) is 0 Å². The first-order valence-electron chi connectivity index (χ1n) is 14.6. The number of Topliss-reactive ketones (excluding diaryl/α,β-unsaturated/α-hetero) is 1. The Morgan fingerprint density at radius 3 is 2.63 bits per heavy atom. The standard InChI is InChI=1S/C32H41N3O3/c1-17-13-25-26(14-18(17)2)35-27-16-24-22-8-7-20-15-21(38-19(3)36)9-11-30(20,4)23(22)10-12-31(24,5)32(6,28(27)37)34-29(35)33-25/h7,13-14,21-24,27H,8-12,15-16H2,1-6H3,(H,33,34)/t21-,22+,23-,24-,27+,30-,31-,32+/m0/s1. The van der Waals surface area contributed by atoms with Gasteiger partial charge in [-0.05, 0) is 106 Å². The quantitative estimate of drug-likeness (QED) is 0.349. The number of fused-ring (bicyclic) bond motifs is 12. The summed E-state index contributed by atoms with van der Waals surface area (Å²) in [6.45, 7) is 12.8. The number of anilines is 1. The van der Waals surface area contributed by atoms with E-state index < -0.39 is 5.54 Å². The highest BCUT2D eigenvalue weighted by Gasteiger charge is 2.67. The molecule has 3 saturated carbocycles. The SMILES string of the molecule is CC(=O)O[C@H]1CC[C@@]2(C)C(=CC[C@@H]3[C@@H]2CC[C@@]2(C)[C@H]3C[C@@H]3C(=O)[C@@]2(C)Nc2nc4cc(C)c(C)cc4n23)C1. The minimum Gasteiger partial charge on any atom is -0.462 e. The molecule has 2 aromatic rings. The van der Waals surface area contributed by atoms with Crippen molar-refractivity contribution in [3.8, 4) is 0 Å². The van der Waals surface area contributed by atoms with Crippen LogP contribution in [0.4, 0.5) is 5.95 Å². The summed E-state index contributed by atoms with van der Waals surface area (Å²) in [5, 5.41) is 3.75. The summed E-state index contributed by atoms with van der Waals surface area (Å²) in [5.41, 5.74) is 5.46. The van der Waals surface area contributed by atoms with Gasteiger partial charge in [0.15, 0.2) is 5.78 Å². The highest BCUT2D eigenvalue weighted by Crippen LogP contribution is 2.67. The fourth-order valence-corrected chi connectivity index (χ4v) is 9.71. The van der Waals surface area contributed by atoms with Gasteiger partial charge in [0.25, 0.3) is 0 Å². The monoisotopic (exact) mass is 515 g/mol. The van der Waals surface area contributed by atoms with Crippen molar-refractivity contribution < 1.29 is 14.3 Å². The Hall–Kier alpha value is -2.63. The molecule has 7 rings (SSSR count). The fraction of sp³-hybridized carbons (Fsp3) is 0.656. The number of benzene rings is 1. The molecule has 0 spiro atoms. The Labute approximate surface area is 225 Å². The van der Waals surface area contributed by atoms with Gasteiger partial charge < -0.3 is 10.1 Å². The number of imidazole rings is 1. The zero-order valence-corrected chi connectivity index (χ0v) is 23.7. The van der Waals surface area contributed by atoms with Crippen molar-refractivity contribution in [2.24, 2.45) is 28.6 Å². The minimum absolute atomic E-state index is 0.0204. The average Bonchev–Trinajstić information content (AvgIpc) is 3.18. The number of ketones is 1. The molecule has 5 aliphatic rings. The summed E-state index contributed by atoms with van der Waals surface area (Å²) in [5.74, 6) is 2.65. The van der Waals surface area contributed by atoms with E-state index in [0.29, 0.717) is 23.5 Å². The zero-order chi connectivity index (χ0) is 26.8. The number of ether oxygens (including phenoxy) is 1. The van der Waals surface area contributed by atoms with Crippen molar-refractivity contribution in [1.82, 2.24) is 9.55 Å². The summed E-state index contributed by atoms with van der Waals surface area (Å²) in [6, 6.07) is 4.21.